The Morgan fingerprint density at radius 3 is 3.04 bits per heavy atom. The molecule has 5 nitrogen and oxygen atoms in total. The summed E-state index contributed by atoms with van der Waals surface area (Å²) in [6.07, 6.45) is 4.10. The lowest BCUT2D eigenvalue weighted by atomic mass is 9.95. The maximum atomic E-state index is 12.4. The van der Waals surface area contributed by atoms with Gasteiger partial charge in [-0.2, -0.15) is 5.10 Å². The lowest BCUT2D eigenvalue weighted by molar-refractivity contribution is 0.0843. The highest BCUT2D eigenvalue weighted by Crippen LogP contribution is 2.34. The van der Waals surface area contributed by atoms with Crippen LogP contribution >= 0.6 is 0 Å². The fourth-order valence-electron chi connectivity index (χ4n) is 3.67. The lowest BCUT2D eigenvalue weighted by Crippen LogP contribution is -2.31. The van der Waals surface area contributed by atoms with Crippen molar-refractivity contribution in [1.29, 1.82) is 0 Å². The van der Waals surface area contributed by atoms with E-state index >= 15 is 0 Å². The molecule has 1 aliphatic heterocycles. The molecule has 120 valence electrons. The van der Waals surface area contributed by atoms with E-state index in [9.17, 15) is 4.79 Å². The van der Waals surface area contributed by atoms with Crippen LogP contribution in [0.1, 0.15) is 46.3 Å². The van der Waals surface area contributed by atoms with Gasteiger partial charge in [-0.15, -0.1) is 0 Å². The lowest BCUT2D eigenvalue weighted by Gasteiger charge is -2.19. The number of fused-ring (bicyclic) bond motifs is 1. The van der Waals surface area contributed by atoms with E-state index < -0.39 is 0 Å². The Morgan fingerprint density at radius 1 is 1.30 bits per heavy atom. The third-order valence-corrected chi connectivity index (χ3v) is 4.89. The average Bonchev–Trinajstić information content (AvgIpc) is 3.29. The third-order valence-electron chi connectivity index (χ3n) is 4.89. The van der Waals surface area contributed by atoms with E-state index in [1.54, 1.807) is 0 Å². The minimum absolute atomic E-state index is 0.0666. The van der Waals surface area contributed by atoms with Gasteiger partial charge in [-0.3, -0.25) is 9.89 Å². The highest BCUT2D eigenvalue weighted by atomic mass is 16.5. The number of hydrogen-bond donors (Lipinski definition) is 2. The van der Waals surface area contributed by atoms with Crippen LogP contribution in [-0.2, 0) is 17.6 Å². The molecule has 0 bridgehead atoms. The van der Waals surface area contributed by atoms with E-state index in [2.05, 4.69) is 27.6 Å². The van der Waals surface area contributed by atoms with Crippen molar-refractivity contribution in [3.05, 3.63) is 52.8 Å². The van der Waals surface area contributed by atoms with Crippen molar-refractivity contribution in [2.24, 2.45) is 5.92 Å². The van der Waals surface area contributed by atoms with Crippen molar-refractivity contribution < 1.29 is 9.53 Å². The van der Waals surface area contributed by atoms with Crippen molar-refractivity contribution in [3.63, 3.8) is 0 Å². The van der Waals surface area contributed by atoms with Gasteiger partial charge in [-0.25, -0.2) is 0 Å². The highest BCUT2D eigenvalue weighted by molar-refractivity contribution is 5.94. The number of hydrogen-bond acceptors (Lipinski definition) is 3. The molecule has 0 radical (unpaired) electrons. The van der Waals surface area contributed by atoms with Gasteiger partial charge in [0.05, 0.1) is 6.10 Å². The smallest absolute Gasteiger partial charge is 0.272 e. The third kappa shape index (κ3) is 2.77. The Balaban J connectivity index is 1.41. The van der Waals surface area contributed by atoms with E-state index in [1.807, 2.05) is 18.2 Å². The van der Waals surface area contributed by atoms with Crippen LogP contribution in [0.2, 0.25) is 0 Å². The predicted molar refractivity (Wildman–Crippen MR) is 86.2 cm³/mol. The Labute approximate surface area is 135 Å². The fraction of sp³-hybridized carbons (Fsp3) is 0.444. The summed E-state index contributed by atoms with van der Waals surface area (Å²) in [5, 5.41) is 10.2. The van der Waals surface area contributed by atoms with Crippen LogP contribution in [0.3, 0.4) is 0 Å². The standard InChI is InChI=1S/C18H21N3O2/c22-18(16-14-7-4-8-15(14)20-21-16)19-11-13-9-10-23-17(13)12-5-2-1-3-6-12/h1-3,5-6,13,17H,4,7-11H2,(H,19,22)(H,20,21)/t13-,17-/m0/s1. The molecule has 23 heavy (non-hydrogen) atoms. The second-order valence-electron chi connectivity index (χ2n) is 6.34. The summed E-state index contributed by atoms with van der Waals surface area (Å²) in [4.78, 5) is 12.4. The molecule has 0 spiro atoms. The Kier molecular flexibility index (Phi) is 3.87. The first-order chi connectivity index (χ1) is 11.3. The summed E-state index contributed by atoms with van der Waals surface area (Å²) in [7, 11) is 0. The van der Waals surface area contributed by atoms with Crippen molar-refractivity contribution in [3.8, 4) is 0 Å². The highest BCUT2D eigenvalue weighted by Gasteiger charge is 2.30. The van der Waals surface area contributed by atoms with Crippen LogP contribution in [0.25, 0.3) is 0 Å². The number of aromatic nitrogens is 2. The first-order valence-electron chi connectivity index (χ1n) is 8.34. The van der Waals surface area contributed by atoms with Gasteiger partial charge in [0.2, 0.25) is 0 Å². The number of carbonyl (C=O) groups excluding carboxylic acids is 1. The Bertz CT molecular complexity index is 696. The van der Waals surface area contributed by atoms with Crippen LogP contribution in [-0.4, -0.2) is 29.3 Å². The molecule has 2 aliphatic rings. The summed E-state index contributed by atoms with van der Waals surface area (Å²) in [5.41, 5.74) is 3.99. The van der Waals surface area contributed by atoms with Crippen LogP contribution in [0.4, 0.5) is 0 Å². The SMILES string of the molecule is O=C(NC[C@@H]1CCO[C@H]1c1ccccc1)c1n[nH]c2c1CCC2. The van der Waals surface area contributed by atoms with Crippen LogP contribution in [0.15, 0.2) is 30.3 Å². The van der Waals surface area contributed by atoms with E-state index in [-0.39, 0.29) is 12.0 Å². The zero-order valence-corrected chi connectivity index (χ0v) is 13.0. The molecule has 4 rings (SSSR count). The van der Waals surface area contributed by atoms with Gasteiger partial charge < -0.3 is 10.1 Å². The van der Waals surface area contributed by atoms with Crippen LogP contribution < -0.4 is 5.32 Å². The molecule has 1 aromatic carbocycles. The number of amides is 1. The molecular formula is C18H21N3O2. The number of benzene rings is 1. The molecule has 0 unspecified atom stereocenters. The molecule has 2 atom stereocenters. The molecule has 1 aromatic heterocycles. The zero-order valence-electron chi connectivity index (χ0n) is 13.0. The second-order valence-corrected chi connectivity index (χ2v) is 6.34. The zero-order chi connectivity index (χ0) is 15.6. The molecule has 1 saturated heterocycles. The molecule has 1 amide bonds. The van der Waals surface area contributed by atoms with Crippen molar-refractivity contribution in [1.82, 2.24) is 15.5 Å². The van der Waals surface area contributed by atoms with Gasteiger partial charge in [-0.05, 0) is 31.2 Å². The largest absolute Gasteiger partial charge is 0.373 e. The predicted octanol–water partition coefficient (Wildman–Crippen LogP) is 2.41. The first-order valence-corrected chi connectivity index (χ1v) is 8.34. The molecule has 5 heteroatoms. The van der Waals surface area contributed by atoms with E-state index in [0.717, 1.165) is 43.5 Å². The monoisotopic (exact) mass is 311 g/mol. The Hall–Kier alpha value is -2.14. The minimum Gasteiger partial charge on any atom is -0.373 e. The van der Waals surface area contributed by atoms with Gasteiger partial charge in [-0.1, -0.05) is 30.3 Å². The minimum atomic E-state index is -0.0666. The quantitative estimate of drug-likeness (QED) is 0.911. The van der Waals surface area contributed by atoms with Gasteiger partial charge in [0.15, 0.2) is 5.69 Å². The normalized spacial score (nSPS) is 23.0. The summed E-state index contributed by atoms with van der Waals surface area (Å²) >= 11 is 0. The number of rotatable bonds is 4. The summed E-state index contributed by atoms with van der Waals surface area (Å²) < 4.78 is 5.88. The Morgan fingerprint density at radius 2 is 2.17 bits per heavy atom. The molecule has 1 fully saturated rings. The van der Waals surface area contributed by atoms with Gasteiger partial charge in [0, 0.05) is 30.3 Å². The number of H-pyrrole nitrogens is 1. The second kappa shape index (κ2) is 6.16. The van der Waals surface area contributed by atoms with E-state index in [1.165, 1.54) is 5.56 Å². The topological polar surface area (TPSA) is 67.0 Å². The van der Waals surface area contributed by atoms with Gasteiger partial charge in [0.25, 0.3) is 5.91 Å². The van der Waals surface area contributed by atoms with E-state index in [4.69, 9.17) is 4.74 Å². The molecule has 2 N–H and O–H groups in total. The molecule has 1 aliphatic carbocycles. The van der Waals surface area contributed by atoms with Gasteiger partial charge >= 0.3 is 0 Å². The fourth-order valence-corrected chi connectivity index (χ4v) is 3.67. The number of carbonyl (C=O) groups is 1. The number of aromatic amines is 1. The average molecular weight is 311 g/mol. The molecule has 0 saturated carbocycles. The number of nitrogens with zero attached hydrogens (tertiary/aromatic N) is 1. The van der Waals surface area contributed by atoms with Crippen molar-refractivity contribution >= 4 is 5.91 Å². The maximum Gasteiger partial charge on any atom is 0.272 e. The maximum absolute atomic E-state index is 12.4. The van der Waals surface area contributed by atoms with E-state index in [0.29, 0.717) is 18.2 Å². The molecule has 2 heterocycles. The van der Waals surface area contributed by atoms with Crippen LogP contribution in [0, 0.1) is 5.92 Å². The summed E-state index contributed by atoms with van der Waals surface area (Å²) in [6, 6.07) is 10.2. The molecular weight excluding hydrogens is 290 g/mol. The van der Waals surface area contributed by atoms with Crippen molar-refractivity contribution in [2.45, 2.75) is 31.8 Å². The number of nitrogens with one attached hydrogen (secondary N) is 2. The first kappa shape index (κ1) is 14.5. The number of aryl methyl sites for hydroxylation is 1. The molecule has 2 aromatic rings. The van der Waals surface area contributed by atoms with Gasteiger partial charge in [0.1, 0.15) is 0 Å². The summed E-state index contributed by atoms with van der Waals surface area (Å²) in [5.74, 6) is 0.247. The van der Waals surface area contributed by atoms with Crippen LogP contribution in [0.5, 0.6) is 0 Å². The summed E-state index contributed by atoms with van der Waals surface area (Å²) in [6.45, 7) is 1.37. The van der Waals surface area contributed by atoms with Crippen molar-refractivity contribution in [2.75, 3.05) is 13.2 Å². The number of ether oxygens (including phenoxy) is 1.